The molecule has 1 aliphatic rings. The zero-order chi connectivity index (χ0) is 19.8. The van der Waals surface area contributed by atoms with Crippen molar-refractivity contribution in [1.82, 2.24) is 14.5 Å². The van der Waals surface area contributed by atoms with E-state index in [1.807, 2.05) is 24.3 Å². The Morgan fingerprint density at radius 2 is 2.00 bits per heavy atom. The average molecular weight is 397 g/mol. The number of fused-ring (bicyclic) bond motifs is 1. The molecular formula is C18H17N6O3S+. The summed E-state index contributed by atoms with van der Waals surface area (Å²) in [4.78, 5) is 47.6. The second kappa shape index (κ2) is 6.98. The number of benzene rings is 1. The Kier molecular flexibility index (Phi) is 4.49. The summed E-state index contributed by atoms with van der Waals surface area (Å²) in [5.41, 5.74) is 3.68. The Balaban J connectivity index is 1.49. The van der Waals surface area contributed by atoms with Crippen molar-refractivity contribution < 1.29 is 19.3 Å². The molecule has 28 heavy (non-hydrogen) atoms. The number of hydrogen-bond donors (Lipinski definition) is 2. The maximum absolute atomic E-state index is 12.5. The number of thiazole rings is 1. The molecule has 2 aromatic heterocycles. The minimum atomic E-state index is -0.405. The van der Waals surface area contributed by atoms with E-state index in [9.17, 15) is 14.4 Å². The molecule has 3 heterocycles. The summed E-state index contributed by atoms with van der Waals surface area (Å²) in [6.45, 7) is -0.0834. The monoisotopic (exact) mass is 397 g/mol. The Bertz CT molecular complexity index is 1060. The minimum absolute atomic E-state index is 0.0834. The van der Waals surface area contributed by atoms with Crippen LogP contribution in [0.4, 0.5) is 16.3 Å². The van der Waals surface area contributed by atoms with E-state index < -0.39 is 5.91 Å². The molecule has 0 bridgehead atoms. The van der Waals surface area contributed by atoms with Crippen molar-refractivity contribution in [3.05, 3.63) is 48.0 Å². The van der Waals surface area contributed by atoms with E-state index >= 15 is 0 Å². The number of anilines is 2. The number of hydrogen-bond acceptors (Lipinski definition) is 6. The van der Waals surface area contributed by atoms with Crippen LogP contribution in [0.2, 0.25) is 0 Å². The minimum Gasteiger partial charge on any atom is -0.325 e. The van der Waals surface area contributed by atoms with E-state index in [1.54, 1.807) is 30.1 Å². The molecule has 0 saturated heterocycles. The van der Waals surface area contributed by atoms with Crippen LogP contribution in [-0.2, 0) is 11.3 Å². The van der Waals surface area contributed by atoms with Crippen molar-refractivity contribution in [2.45, 2.75) is 6.54 Å². The molecule has 1 aromatic carbocycles. The third-order valence-corrected chi connectivity index (χ3v) is 5.34. The number of nitrogens with one attached hydrogen (secondary N) is 2. The van der Waals surface area contributed by atoms with Gasteiger partial charge >= 0.3 is 11.9 Å². The van der Waals surface area contributed by atoms with Gasteiger partial charge in [-0.25, -0.2) is 19.5 Å². The van der Waals surface area contributed by atoms with Gasteiger partial charge in [-0.2, -0.15) is 4.90 Å². The molecule has 4 amide bonds. The lowest BCUT2D eigenvalue weighted by Gasteiger charge is -2.23. The van der Waals surface area contributed by atoms with Crippen molar-refractivity contribution in [3.8, 4) is 10.4 Å². The Labute approximate surface area is 164 Å². The summed E-state index contributed by atoms with van der Waals surface area (Å²) in [6, 6.07) is 7.06. The molecule has 0 radical (unpaired) electrons. The van der Waals surface area contributed by atoms with Crippen LogP contribution < -0.4 is 15.1 Å². The van der Waals surface area contributed by atoms with E-state index in [4.69, 9.17) is 0 Å². The number of carbonyl (C=O) groups excluding carboxylic acids is 3. The summed E-state index contributed by atoms with van der Waals surface area (Å²) < 4.78 is 1.46. The number of imidazole rings is 1. The molecule has 3 aromatic rings. The SMILES string of the molecule is CN1C(=O)[NH+](C)C(=O)c2c1ncn2CC(=O)Nc1ccc(-c2cncs2)cc1. The van der Waals surface area contributed by atoms with Crippen LogP contribution in [0.25, 0.3) is 10.4 Å². The van der Waals surface area contributed by atoms with Gasteiger partial charge in [0.25, 0.3) is 0 Å². The maximum atomic E-state index is 12.5. The molecule has 142 valence electrons. The molecule has 4 rings (SSSR count). The third-order valence-electron chi connectivity index (χ3n) is 4.52. The smallest absolute Gasteiger partial charge is 0.325 e. The van der Waals surface area contributed by atoms with Gasteiger partial charge in [0.1, 0.15) is 6.54 Å². The van der Waals surface area contributed by atoms with Gasteiger partial charge in [-0.1, -0.05) is 12.1 Å². The number of imide groups is 1. The molecule has 0 saturated carbocycles. The fraction of sp³-hybridized carbons (Fsp3) is 0.167. The van der Waals surface area contributed by atoms with E-state index in [1.165, 1.54) is 22.8 Å². The fourth-order valence-corrected chi connectivity index (χ4v) is 3.65. The van der Waals surface area contributed by atoms with Gasteiger partial charge in [0.05, 0.1) is 23.8 Å². The molecule has 10 heteroatoms. The average Bonchev–Trinajstić information content (AvgIpc) is 3.35. The lowest BCUT2D eigenvalue weighted by Crippen LogP contribution is -3.16. The second-order valence-electron chi connectivity index (χ2n) is 6.35. The summed E-state index contributed by atoms with van der Waals surface area (Å²) >= 11 is 1.54. The highest BCUT2D eigenvalue weighted by Crippen LogP contribution is 2.24. The van der Waals surface area contributed by atoms with Crippen molar-refractivity contribution in [2.75, 3.05) is 24.3 Å². The summed E-state index contributed by atoms with van der Waals surface area (Å²) in [5, 5.41) is 2.81. The van der Waals surface area contributed by atoms with Crippen LogP contribution in [0.5, 0.6) is 0 Å². The molecule has 2 N–H and O–H groups in total. The molecule has 1 aliphatic heterocycles. The van der Waals surface area contributed by atoms with Crippen LogP contribution in [0.3, 0.4) is 0 Å². The Morgan fingerprint density at radius 1 is 1.25 bits per heavy atom. The maximum Gasteiger partial charge on any atom is 0.430 e. The predicted molar refractivity (Wildman–Crippen MR) is 103 cm³/mol. The fourth-order valence-electron chi connectivity index (χ4n) is 3.02. The van der Waals surface area contributed by atoms with Gasteiger partial charge in [0.15, 0.2) is 11.5 Å². The van der Waals surface area contributed by atoms with Gasteiger partial charge in [-0.3, -0.25) is 9.78 Å². The predicted octanol–water partition coefficient (Wildman–Crippen LogP) is 0.870. The summed E-state index contributed by atoms with van der Waals surface area (Å²) in [5.74, 6) is -0.435. The van der Waals surface area contributed by atoms with Gasteiger partial charge in [0, 0.05) is 18.9 Å². The van der Waals surface area contributed by atoms with E-state index in [0.717, 1.165) is 10.4 Å². The van der Waals surface area contributed by atoms with E-state index in [2.05, 4.69) is 15.3 Å². The number of carbonyl (C=O) groups is 3. The van der Waals surface area contributed by atoms with Gasteiger partial charge in [0.2, 0.25) is 5.91 Å². The molecular weight excluding hydrogens is 380 g/mol. The zero-order valence-corrected chi connectivity index (χ0v) is 16.0. The van der Waals surface area contributed by atoms with E-state index in [-0.39, 0.29) is 34.9 Å². The van der Waals surface area contributed by atoms with Crippen molar-refractivity contribution in [2.24, 2.45) is 0 Å². The second-order valence-corrected chi connectivity index (χ2v) is 7.24. The van der Waals surface area contributed by atoms with Gasteiger partial charge < -0.3 is 9.88 Å². The van der Waals surface area contributed by atoms with Crippen LogP contribution in [0, 0.1) is 0 Å². The third kappa shape index (κ3) is 3.08. The molecule has 1 atom stereocenters. The number of urea groups is 1. The molecule has 0 fully saturated rings. The topological polar surface area (TPSA) is 102 Å². The number of rotatable bonds is 4. The Hall–Kier alpha value is -3.37. The number of aromatic nitrogens is 3. The quantitative estimate of drug-likeness (QED) is 0.680. The van der Waals surface area contributed by atoms with Crippen LogP contribution >= 0.6 is 11.3 Å². The molecule has 0 spiro atoms. The number of amides is 4. The summed E-state index contributed by atoms with van der Waals surface area (Å²) in [6.07, 6.45) is 3.19. The molecule has 9 nitrogen and oxygen atoms in total. The van der Waals surface area contributed by atoms with Gasteiger partial charge in [-0.05, 0) is 17.7 Å². The first-order chi connectivity index (χ1) is 13.5. The first-order valence-corrected chi connectivity index (χ1v) is 9.34. The van der Waals surface area contributed by atoms with Crippen LogP contribution in [-0.4, -0.2) is 46.5 Å². The van der Waals surface area contributed by atoms with Crippen molar-refractivity contribution in [3.63, 3.8) is 0 Å². The highest BCUT2D eigenvalue weighted by atomic mass is 32.1. The standard InChI is InChI=1S/C18H16N6O3S/c1-22-16-15(17(26)23(2)18(22)27)24(9-20-16)8-14(25)21-12-5-3-11(4-6-12)13-7-19-10-28-13/h3-7,9-10H,8H2,1-2H3,(H,21,25)/p+1. The lowest BCUT2D eigenvalue weighted by molar-refractivity contribution is -0.698. The van der Waals surface area contributed by atoms with Crippen LogP contribution in [0.15, 0.2) is 42.3 Å². The van der Waals surface area contributed by atoms with Crippen molar-refractivity contribution >= 4 is 40.7 Å². The van der Waals surface area contributed by atoms with Gasteiger partial charge in [-0.15, -0.1) is 11.3 Å². The first-order valence-electron chi connectivity index (χ1n) is 8.46. The van der Waals surface area contributed by atoms with E-state index in [0.29, 0.717) is 5.69 Å². The number of quaternary nitrogens is 1. The number of nitrogens with zero attached hydrogens (tertiary/aromatic N) is 4. The first kappa shape index (κ1) is 18.0. The highest BCUT2D eigenvalue weighted by Gasteiger charge is 2.41. The normalized spacial score (nSPS) is 16.2. The molecule has 1 unspecified atom stereocenters. The lowest BCUT2D eigenvalue weighted by atomic mass is 10.2. The highest BCUT2D eigenvalue weighted by molar-refractivity contribution is 7.13. The largest absolute Gasteiger partial charge is 0.430 e. The van der Waals surface area contributed by atoms with Crippen LogP contribution in [0.1, 0.15) is 10.5 Å². The summed E-state index contributed by atoms with van der Waals surface area (Å²) in [7, 11) is 3.03. The zero-order valence-electron chi connectivity index (χ0n) is 15.2. The Morgan fingerprint density at radius 3 is 2.68 bits per heavy atom. The molecule has 0 aliphatic carbocycles. The van der Waals surface area contributed by atoms with Crippen molar-refractivity contribution in [1.29, 1.82) is 0 Å².